The van der Waals surface area contributed by atoms with Crippen LogP contribution in [0.15, 0.2) is 29.3 Å². The van der Waals surface area contributed by atoms with E-state index in [1.54, 1.807) is 14.2 Å². The van der Waals surface area contributed by atoms with Crippen molar-refractivity contribution in [2.75, 3.05) is 39.7 Å². The van der Waals surface area contributed by atoms with E-state index in [4.69, 9.17) is 9.47 Å². The minimum Gasteiger partial charge on any atom is -0.493 e. The molecule has 1 rings (SSSR count). The van der Waals surface area contributed by atoms with Crippen LogP contribution in [-0.2, 0) is 4.74 Å². The molecule has 0 aromatic heterocycles. The van der Waals surface area contributed by atoms with E-state index < -0.39 is 0 Å². The number of hydrogen-bond acceptors (Lipinski definition) is 3. The third kappa shape index (κ3) is 5.05. The number of aliphatic imine (C=N–C) groups is 1. The van der Waals surface area contributed by atoms with Crippen molar-refractivity contribution in [3.05, 3.63) is 24.3 Å². The van der Waals surface area contributed by atoms with E-state index in [1.165, 1.54) is 0 Å². The quantitative estimate of drug-likeness (QED) is 0.459. The highest BCUT2D eigenvalue weighted by Gasteiger charge is 1.99. The molecule has 100 valence electrons. The van der Waals surface area contributed by atoms with Gasteiger partial charge in [-0.15, -0.1) is 0 Å². The Morgan fingerprint density at radius 2 is 2.17 bits per heavy atom. The molecule has 18 heavy (non-hydrogen) atoms. The lowest BCUT2D eigenvalue weighted by atomic mass is 10.3. The molecule has 0 aliphatic heterocycles. The summed E-state index contributed by atoms with van der Waals surface area (Å²) in [7, 11) is 5.23. The van der Waals surface area contributed by atoms with Crippen molar-refractivity contribution in [3.63, 3.8) is 0 Å². The highest BCUT2D eigenvalue weighted by atomic mass is 16.5. The fourth-order valence-corrected chi connectivity index (χ4v) is 1.42. The van der Waals surface area contributed by atoms with Gasteiger partial charge in [-0.1, -0.05) is 6.07 Å². The van der Waals surface area contributed by atoms with Crippen molar-refractivity contribution in [3.8, 4) is 5.75 Å². The van der Waals surface area contributed by atoms with Gasteiger partial charge >= 0.3 is 0 Å². The van der Waals surface area contributed by atoms with E-state index in [2.05, 4.69) is 15.6 Å². The molecular formula is C13H21N3O2. The van der Waals surface area contributed by atoms with Gasteiger partial charge in [0.15, 0.2) is 5.96 Å². The molecule has 0 unspecified atom stereocenters. The van der Waals surface area contributed by atoms with Gasteiger partial charge in [0.2, 0.25) is 0 Å². The molecule has 1 aromatic rings. The van der Waals surface area contributed by atoms with Crippen LogP contribution in [0.5, 0.6) is 5.75 Å². The van der Waals surface area contributed by atoms with Crippen molar-refractivity contribution < 1.29 is 9.47 Å². The van der Waals surface area contributed by atoms with Gasteiger partial charge in [-0.25, -0.2) is 0 Å². The number of rotatable bonds is 6. The lowest BCUT2D eigenvalue weighted by Crippen LogP contribution is -2.26. The molecule has 0 fully saturated rings. The first-order chi connectivity index (χ1) is 8.80. The highest BCUT2D eigenvalue weighted by molar-refractivity contribution is 5.93. The first-order valence-corrected chi connectivity index (χ1v) is 5.93. The van der Waals surface area contributed by atoms with Crippen molar-refractivity contribution in [1.29, 1.82) is 0 Å². The Bertz CT molecular complexity index is 380. The molecule has 0 aliphatic rings. The van der Waals surface area contributed by atoms with E-state index in [0.29, 0.717) is 19.2 Å². The monoisotopic (exact) mass is 251 g/mol. The second kappa shape index (κ2) is 8.36. The highest BCUT2D eigenvalue weighted by Crippen LogP contribution is 2.17. The predicted molar refractivity (Wildman–Crippen MR) is 74.5 cm³/mol. The summed E-state index contributed by atoms with van der Waals surface area (Å²) in [6.45, 7) is 1.36. The Balaban J connectivity index is 2.51. The fraction of sp³-hybridized carbons (Fsp3) is 0.462. The summed E-state index contributed by atoms with van der Waals surface area (Å²) in [5, 5.41) is 6.12. The third-order valence-electron chi connectivity index (χ3n) is 2.32. The van der Waals surface area contributed by atoms with E-state index in [-0.39, 0.29) is 0 Å². The zero-order valence-electron chi connectivity index (χ0n) is 11.2. The molecule has 0 saturated carbocycles. The number of nitrogens with zero attached hydrogens (tertiary/aromatic N) is 1. The zero-order valence-corrected chi connectivity index (χ0v) is 11.2. The fourth-order valence-electron chi connectivity index (χ4n) is 1.42. The van der Waals surface area contributed by atoms with Crippen molar-refractivity contribution >= 4 is 11.6 Å². The lowest BCUT2D eigenvalue weighted by Gasteiger charge is -2.10. The Labute approximate surface area is 108 Å². The Hall–Kier alpha value is -1.75. The number of nitrogens with one attached hydrogen (secondary N) is 2. The summed E-state index contributed by atoms with van der Waals surface area (Å²) < 4.78 is 10.6. The Morgan fingerprint density at radius 1 is 1.33 bits per heavy atom. The maximum Gasteiger partial charge on any atom is 0.195 e. The number of anilines is 1. The summed E-state index contributed by atoms with van der Waals surface area (Å²) in [5.74, 6) is 1.55. The van der Waals surface area contributed by atoms with Gasteiger partial charge in [0.25, 0.3) is 0 Å². The average Bonchev–Trinajstić information content (AvgIpc) is 2.41. The zero-order chi connectivity index (χ0) is 13.2. The normalized spacial score (nSPS) is 11.2. The summed E-state index contributed by atoms with van der Waals surface area (Å²) in [6, 6.07) is 7.77. The second-order valence-electron chi connectivity index (χ2n) is 3.67. The largest absolute Gasteiger partial charge is 0.493 e. The maximum atomic E-state index is 5.62. The van der Waals surface area contributed by atoms with Crippen LogP contribution >= 0.6 is 0 Å². The second-order valence-corrected chi connectivity index (χ2v) is 3.67. The standard InChI is InChI=1S/C13H21N3O2/c1-14-13(15-2)16-11-6-4-7-12(10-11)18-9-5-8-17-3/h4,6-7,10H,5,8-9H2,1-3H3,(H2,14,15,16). The lowest BCUT2D eigenvalue weighted by molar-refractivity contribution is 0.172. The van der Waals surface area contributed by atoms with Crippen LogP contribution in [0.3, 0.4) is 0 Å². The summed E-state index contributed by atoms with van der Waals surface area (Å²) in [5.41, 5.74) is 0.939. The van der Waals surface area contributed by atoms with Gasteiger partial charge < -0.3 is 20.1 Å². The van der Waals surface area contributed by atoms with Crippen LogP contribution in [0.1, 0.15) is 6.42 Å². The Kier molecular flexibility index (Phi) is 6.64. The Morgan fingerprint density at radius 3 is 2.83 bits per heavy atom. The molecule has 0 atom stereocenters. The number of benzene rings is 1. The first kappa shape index (κ1) is 14.3. The molecule has 0 radical (unpaired) electrons. The first-order valence-electron chi connectivity index (χ1n) is 5.93. The SMILES string of the molecule is CN=C(NC)Nc1cccc(OCCCOC)c1. The number of ether oxygens (including phenoxy) is 2. The summed E-state index contributed by atoms with van der Waals surface area (Å²) >= 11 is 0. The van der Waals surface area contributed by atoms with Gasteiger partial charge in [0, 0.05) is 46.0 Å². The van der Waals surface area contributed by atoms with Gasteiger partial charge in [0.05, 0.1) is 6.61 Å². The molecule has 0 amide bonds. The van der Waals surface area contributed by atoms with Crippen molar-refractivity contribution in [2.24, 2.45) is 4.99 Å². The molecule has 0 bridgehead atoms. The van der Waals surface area contributed by atoms with Gasteiger partial charge in [-0.2, -0.15) is 0 Å². The molecule has 0 spiro atoms. The van der Waals surface area contributed by atoms with Gasteiger partial charge in [-0.3, -0.25) is 4.99 Å². The number of guanidine groups is 1. The van der Waals surface area contributed by atoms with E-state index in [1.807, 2.05) is 31.3 Å². The van der Waals surface area contributed by atoms with Crippen molar-refractivity contribution in [1.82, 2.24) is 5.32 Å². The molecule has 5 nitrogen and oxygen atoms in total. The summed E-state index contributed by atoms with van der Waals surface area (Å²) in [6.07, 6.45) is 0.881. The van der Waals surface area contributed by atoms with Crippen LogP contribution in [0.4, 0.5) is 5.69 Å². The van der Waals surface area contributed by atoms with Crippen LogP contribution in [-0.4, -0.2) is 40.4 Å². The maximum absolute atomic E-state index is 5.62. The van der Waals surface area contributed by atoms with Crippen LogP contribution in [0, 0.1) is 0 Å². The molecule has 0 heterocycles. The van der Waals surface area contributed by atoms with Crippen LogP contribution < -0.4 is 15.4 Å². The number of hydrogen-bond donors (Lipinski definition) is 2. The molecular weight excluding hydrogens is 230 g/mol. The van der Waals surface area contributed by atoms with E-state index >= 15 is 0 Å². The van der Waals surface area contributed by atoms with Crippen LogP contribution in [0.2, 0.25) is 0 Å². The number of methoxy groups -OCH3 is 1. The molecule has 0 saturated heterocycles. The molecule has 1 aromatic carbocycles. The van der Waals surface area contributed by atoms with Gasteiger partial charge in [-0.05, 0) is 12.1 Å². The van der Waals surface area contributed by atoms with E-state index in [9.17, 15) is 0 Å². The molecule has 2 N–H and O–H groups in total. The third-order valence-corrected chi connectivity index (χ3v) is 2.32. The van der Waals surface area contributed by atoms with E-state index in [0.717, 1.165) is 17.9 Å². The average molecular weight is 251 g/mol. The summed E-state index contributed by atoms with van der Waals surface area (Å²) in [4.78, 5) is 4.06. The minimum absolute atomic E-state index is 0.651. The minimum atomic E-state index is 0.651. The van der Waals surface area contributed by atoms with Crippen LogP contribution in [0.25, 0.3) is 0 Å². The van der Waals surface area contributed by atoms with Crippen molar-refractivity contribution in [2.45, 2.75) is 6.42 Å². The van der Waals surface area contributed by atoms with Gasteiger partial charge in [0.1, 0.15) is 5.75 Å². The predicted octanol–water partition coefficient (Wildman–Crippen LogP) is 1.72. The molecule has 5 heteroatoms. The topological polar surface area (TPSA) is 54.9 Å². The molecule has 0 aliphatic carbocycles. The smallest absolute Gasteiger partial charge is 0.195 e.